The topological polar surface area (TPSA) is 63.5 Å². The molecule has 0 radical (unpaired) electrons. The molecule has 1 amide bonds. The van der Waals surface area contributed by atoms with Gasteiger partial charge in [0.1, 0.15) is 6.54 Å². The zero-order valence-corrected chi connectivity index (χ0v) is 15.7. The molecule has 1 aromatic heterocycles. The molecule has 0 aliphatic rings. The molecule has 5 heteroatoms. The zero-order valence-electron chi connectivity index (χ0n) is 15.7. The van der Waals surface area contributed by atoms with E-state index in [1.165, 1.54) is 6.21 Å². The fourth-order valence-electron chi connectivity index (χ4n) is 3.30. The molecule has 142 valence electrons. The van der Waals surface area contributed by atoms with Gasteiger partial charge in [-0.05, 0) is 35.9 Å². The molecule has 0 spiro atoms. The Kier molecular flexibility index (Phi) is 5.29. The maximum Gasteiger partial charge on any atom is 0.260 e. The third kappa shape index (κ3) is 3.99. The van der Waals surface area contributed by atoms with Crippen LogP contribution in [0.1, 0.15) is 5.56 Å². The van der Waals surface area contributed by atoms with Crippen molar-refractivity contribution in [3.8, 4) is 0 Å². The first-order valence-electron chi connectivity index (χ1n) is 9.28. The van der Waals surface area contributed by atoms with Gasteiger partial charge in [0.2, 0.25) is 0 Å². The Labute approximate surface area is 167 Å². The van der Waals surface area contributed by atoms with Gasteiger partial charge in [0, 0.05) is 17.0 Å². The van der Waals surface area contributed by atoms with Gasteiger partial charge >= 0.3 is 0 Å². The van der Waals surface area contributed by atoms with Crippen molar-refractivity contribution in [3.63, 3.8) is 0 Å². The number of para-hydroxylation sites is 2. The lowest BCUT2D eigenvalue weighted by Gasteiger charge is -2.14. The van der Waals surface area contributed by atoms with Gasteiger partial charge in [-0.15, -0.1) is 0 Å². The highest BCUT2D eigenvalue weighted by Gasteiger charge is 2.12. The van der Waals surface area contributed by atoms with E-state index in [1.54, 1.807) is 18.2 Å². The lowest BCUT2D eigenvalue weighted by molar-refractivity contribution is -0.121. The van der Waals surface area contributed by atoms with Crippen LogP contribution in [0.3, 0.4) is 0 Å². The molecule has 1 N–H and O–H groups in total. The lowest BCUT2D eigenvalue weighted by Crippen LogP contribution is -2.24. The van der Waals surface area contributed by atoms with Gasteiger partial charge in [0.05, 0.1) is 11.0 Å². The standard InChI is InChI=1S/C24H19N3O2/c28-23(26-25-16-8-11-18-9-2-1-3-10-18)17-27-21-14-6-4-12-19(21)24(29)20-13-5-7-15-22(20)27/h1-16H,17H2,(H,26,28)/b11-8+,25-16-. The third-order valence-electron chi connectivity index (χ3n) is 4.62. The summed E-state index contributed by atoms with van der Waals surface area (Å²) in [5, 5.41) is 5.16. The van der Waals surface area contributed by atoms with Crippen molar-refractivity contribution in [1.29, 1.82) is 0 Å². The summed E-state index contributed by atoms with van der Waals surface area (Å²) in [4.78, 5) is 25.2. The van der Waals surface area contributed by atoms with Gasteiger partial charge in [-0.1, -0.05) is 60.7 Å². The fourth-order valence-corrected chi connectivity index (χ4v) is 3.30. The summed E-state index contributed by atoms with van der Waals surface area (Å²) in [5.74, 6) is -0.270. The molecular weight excluding hydrogens is 362 g/mol. The minimum Gasteiger partial charge on any atom is -0.331 e. The number of rotatable bonds is 5. The summed E-state index contributed by atoms with van der Waals surface area (Å²) in [6, 6.07) is 24.5. The van der Waals surface area contributed by atoms with E-state index in [-0.39, 0.29) is 17.9 Å². The Morgan fingerprint density at radius 3 is 2.10 bits per heavy atom. The number of carbonyl (C=O) groups excluding carboxylic acids is 1. The molecule has 3 aromatic carbocycles. The molecule has 0 fully saturated rings. The average molecular weight is 381 g/mol. The average Bonchev–Trinajstić information content (AvgIpc) is 2.77. The molecule has 0 bridgehead atoms. The number of pyridine rings is 1. The highest BCUT2D eigenvalue weighted by Crippen LogP contribution is 2.18. The van der Waals surface area contributed by atoms with E-state index in [1.807, 2.05) is 77.4 Å². The molecule has 0 atom stereocenters. The van der Waals surface area contributed by atoms with Crippen molar-refractivity contribution < 1.29 is 4.79 Å². The van der Waals surface area contributed by atoms with Crippen LogP contribution < -0.4 is 10.9 Å². The lowest BCUT2D eigenvalue weighted by atomic mass is 10.1. The molecule has 0 aliphatic heterocycles. The van der Waals surface area contributed by atoms with E-state index >= 15 is 0 Å². The zero-order chi connectivity index (χ0) is 20.1. The molecule has 4 rings (SSSR count). The number of hydrogen-bond donors (Lipinski definition) is 1. The SMILES string of the molecule is O=C(Cn1c2ccccc2c(=O)c2ccccc21)N/N=C\C=C\c1ccccc1. The first kappa shape index (κ1) is 18.4. The number of nitrogens with zero attached hydrogens (tertiary/aromatic N) is 2. The van der Waals surface area contributed by atoms with E-state index in [9.17, 15) is 9.59 Å². The van der Waals surface area contributed by atoms with E-state index < -0.39 is 0 Å². The molecule has 29 heavy (non-hydrogen) atoms. The van der Waals surface area contributed by atoms with Crippen LogP contribution >= 0.6 is 0 Å². The molecule has 4 aromatic rings. The predicted molar refractivity (Wildman–Crippen MR) is 118 cm³/mol. The fraction of sp³-hybridized carbons (Fsp3) is 0.0417. The van der Waals surface area contributed by atoms with Gasteiger partial charge in [0.25, 0.3) is 5.91 Å². The van der Waals surface area contributed by atoms with Gasteiger partial charge in [-0.25, -0.2) is 5.43 Å². The van der Waals surface area contributed by atoms with E-state index in [0.717, 1.165) is 16.6 Å². The van der Waals surface area contributed by atoms with Gasteiger partial charge in [-0.2, -0.15) is 5.10 Å². The van der Waals surface area contributed by atoms with Crippen molar-refractivity contribution in [3.05, 3.63) is 101 Å². The van der Waals surface area contributed by atoms with Crippen molar-refractivity contribution in [1.82, 2.24) is 9.99 Å². The highest BCUT2D eigenvalue weighted by atomic mass is 16.2. The van der Waals surface area contributed by atoms with Crippen LogP contribution in [0.25, 0.3) is 27.9 Å². The molecule has 0 saturated carbocycles. The van der Waals surface area contributed by atoms with Crippen LogP contribution in [0.5, 0.6) is 0 Å². The maximum absolute atomic E-state index is 12.7. The quantitative estimate of drug-likeness (QED) is 0.323. The van der Waals surface area contributed by atoms with Crippen molar-refractivity contribution in [2.45, 2.75) is 6.54 Å². The van der Waals surface area contributed by atoms with Gasteiger partial charge in [0.15, 0.2) is 5.43 Å². The number of aromatic nitrogens is 1. The first-order chi connectivity index (χ1) is 14.2. The van der Waals surface area contributed by atoms with Crippen LogP contribution in [0, 0.1) is 0 Å². The second kappa shape index (κ2) is 8.35. The van der Waals surface area contributed by atoms with Crippen molar-refractivity contribution in [2.24, 2.45) is 5.10 Å². The first-order valence-corrected chi connectivity index (χ1v) is 9.28. The Hall–Kier alpha value is -3.99. The number of nitrogens with one attached hydrogen (secondary N) is 1. The summed E-state index contributed by atoms with van der Waals surface area (Å²) < 4.78 is 1.84. The predicted octanol–water partition coefficient (Wildman–Crippen LogP) is 3.97. The van der Waals surface area contributed by atoms with Crippen molar-refractivity contribution in [2.75, 3.05) is 0 Å². The molecule has 0 saturated heterocycles. The minimum absolute atomic E-state index is 0.0306. The summed E-state index contributed by atoms with van der Waals surface area (Å²) >= 11 is 0. The van der Waals surface area contributed by atoms with Crippen LogP contribution in [0.4, 0.5) is 0 Å². The molecule has 0 aliphatic carbocycles. The van der Waals surface area contributed by atoms with Crippen LogP contribution in [0.15, 0.2) is 94.8 Å². The number of benzene rings is 3. The minimum atomic E-state index is -0.270. The molecular formula is C24H19N3O2. The summed E-state index contributed by atoms with van der Waals surface area (Å²) in [7, 11) is 0. The molecule has 5 nitrogen and oxygen atoms in total. The van der Waals surface area contributed by atoms with Gasteiger partial charge in [-0.3, -0.25) is 9.59 Å². The Balaban J connectivity index is 1.56. The van der Waals surface area contributed by atoms with Crippen LogP contribution in [-0.4, -0.2) is 16.7 Å². The Bertz CT molecular complexity index is 1230. The smallest absolute Gasteiger partial charge is 0.260 e. The monoisotopic (exact) mass is 381 g/mol. The van der Waals surface area contributed by atoms with Gasteiger partial charge < -0.3 is 4.57 Å². The Morgan fingerprint density at radius 1 is 0.862 bits per heavy atom. The number of allylic oxidation sites excluding steroid dienone is 1. The maximum atomic E-state index is 12.7. The number of hydrogen-bond acceptors (Lipinski definition) is 3. The van der Waals surface area contributed by atoms with Crippen LogP contribution in [-0.2, 0) is 11.3 Å². The summed E-state index contributed by atoms with van der Waals surface area (Å²) in [5.41, 5.74) is 5.01. The van der Waals surface area contributed by atoms with Crippen LogP contribution in [0.2, 0.25) is 0 Å². The van der Waals surface area contributed by atoms with E-state index in [2.05, 4.69) is 10.5 Å². The molecule has 1 heterocycles. The number of fused-ring (bicyclic) bond motifs is 2. The second-order valence-electron chi connectivity index (χ2n) is 6.53. The van der Waals surface area contributed by atoms with Crippen molar-refractivity contribution >= 4 is 40.0 Å². The third-order valence-corrected chi connectivity index (χ3v) is 4.62. The van der Waals surface area contributed by atoms with E-state index in [0.29, 0.717) is 10.8 Å². The summed E-state index contributed by atoms with van der Waals surface area (Å²) in [6.45, 7) is 0.0566. The Morgan fingerprint density at radius 2 is 1.45 bits per heavy atom. The second-order valence-corrected chi connectivity index (χ2v) is 6.53. The number of carbonyl (C=O) groups is 1. The van der Waals surface area contributed by atoms with E-state index in [4.69, 9.17) is 0 Å². The number of amides is 1. The normalized spacial score (nSPS) is 11.6. The molecule has 0 unspecified atom stereocenters. The number of hydrazone groups is 1. The largest absolute Gasteiger partial charge is 0.331 e. The summed E-state index contributed by atoms with van der Waals surface area (Å²) in [6.07, 6.45) is 5.20. The highest BCUT2D eigenvalue weighted by molar-refractivity contribution is 5.95.